The van der Waals surface area contributed by atoms with Gasteiger partial charge in [-0.1, -0.05) is 6.07 Å². The molecule has 0 unspecified atom stereocenters. The molecule has 92 valence electrons. The Balaban J connectivity index is 2.25. The summed E-state index contributed by atoms with van der Waals surface area (Å²) in [4.78, 5) is 13.8. The largest absolute Gasteiger partial charge is 0.378 e. The Labute approximate surface area is 101 Å². The molecule has 6 nitrogen and oxygen atoms in total. The minimum Gasteiger partial charge on any atom is -0.378 e. The molecule has 0 bridgehead atoms. The highest BCUT2D eigenvalue weighted by Gasteiger charge is 2.12. The highest BCUT2D eigenvalue weighted by Crippen LogP contribution is 2.23. The lowest BCUT2D eigenvalue weighted by Gasteiger charge is -2.06. The molecule has 0 spiro atoms. The van der Waals surface area contributed by atoms with Crippen LogP contribution in [-0.4, -0.2) is 9.91 Å². The Hall–Kier alpha value is -2.70. The average molecular weight is 248 g/mol. The third-order valence-electron chi connectivity index (χ3n) is 2.20. The van der Waals surface area contributed by atoms with E-state index in [1.54, 1.807) is 6.07 Å². The van der Waals surface area contributed by atoms with Crippen LogP contribution in [0.2, 0.25) is 0 Å². The van der Waals surface area contributed by atoms with Crippen molar-refractivity contribution < 1.29 is 9.31 Å². The first-order valence-electron chi connectivity index (χ1n) is 5.00. The molecule has 0 saturated heterocycles. The summed E-state index contributed by atoms with van der Waals surface area (Å²) >= 11 is 0. The number of nitro groups is 1. The number of rotatable bonds is 3. The van der Waals surface area contributed by atoms with Crippen molar-refractivity contribution in [3.8, 4) is 0 Å². The van der Waals surface area contributed by atoms with Crippen LogP contribution in [0.4, 0.5) is 27.4 Å². The first kappa shape index (κ1) is 11.8. The van der Waals surface area contributed by atoms with Crippen LogP contribution in [0.1, 0.15) is 0 Å². The second kappa shape index (κ2) is 4.66. The van der Waals surface area contributed by atoms with Crippen LogP contribution in [0, 0.1) is 15.9 Å². The molecular weight excluding hydrogens is 239 g/mol. The van der Waals surface area contributed by atoms with Crippen molar-refractivity contribution in [3.05, 3.63) is 52.3 Å². The maximum Gasteiger partial charge on any atom is 0.311 e. The zero-order chi connectivity index (χ0) is 13.1. The molecule has 7 heteroatoms. The molecule has 0 amide bonds. The summed E-state index contributed by atoms with van der Waals surface area (Å²) in [7, 11) is 0. The second-order valence-corrected chi connectivity index (χ2v) is 3.49. The fourth-order valence-electron chi connectivity index (χ4n) is 1.41. The van der Waals surface area contributed by atoms with E-state index in [-0.39, 0.29) is 11.5 Å². The SMILES string of the molecule is Nc1nc(Nc2cccc(F)c2)ccc1[N+](=O)[O-]. The molecule has 0 aliphatic carbocycles. The van der Waals surface area contributed by atoms with E-state index in [2.05, 4.69) is 10.3 Å². The third kappa shape index (κ3) is 2.51. The summed E-state index contributed by atoms with van der Waals surface area (Å²) in [6, 6.07) is 8.40. The lowest BCUT2D eigenvalue weighted by atomic mass is 10.3. The number of nitrogen functional groups attached to an aromatic ring is 1. The molecular formula is C11H9FN4O2. The summed E-state index contributed by atoms with van der Waals surface area (Å²) in [5, 5.41) is 13.3. The van der Waals surface area contributed by atoms with Crippen molar-refractivity contribution in [3.63, 3.8) is 0 Å². The topological polar surface area (TPSA) is 94.1 Å². The van der Waals surface area contributed by atoms with Crippen LogP contribution in [-0.2, 0) is 0 Å². The molecule has 0 aliphatic heterocycles. The predicted molar refractivity (Wildman–Crippen MR) is 65.0 cm³/mol. The monoisotopic (exact) mass is 248 g/mol. The number of hydrogen-bond acceptors (Lipinski definition) is 5. The Morgan fingerprint density at radius 2 is 2.11 bits per heavy atom. The van der Waals surface area contributed by atoms with Crippen molar-refractivity contribution >= 4 is 23.0 Å². The van der Waals surface area contributed by atoms with E-state index in [0.717, 1.165) is 0 Å². The Morgan fingerprint density at radius 3 is 2.72 bits per heavy atom. The van der Waals surface area contributed by atoms with Crippen LogP contribution >= 0.6 is 0 Å². The maximum atomic E-state index is 12.9. The minimum absolute atomic E-state index is 0.193. The fourth-order valence-corrected chi connectivity index (χ4v) is 1.41. The van der Waals surface area contributed by atoms with Gasteiger partial charge in [0.1, 0.15) is 11.6 Å². The van der Waals surface area contributed by atoms with Crippen LogP contribution in [0.15, 0.2) is 36.4 Å². The third-order valence-corrected chi connectivity index (χ3v) is 2.20. The van der Waals surface area contributed by atoms with Crippen LogP contribution < -0.4 is 11.1 Å². The summed E-state index contributed by atoms with van der Waals surface area (Å²) in [6.45, 7) is 0. The van der Waals surface area contributed by atoms with Gasteiger partial charge in [0.15, 0.2) is 0 Å². The number of nitrogens with two attached hydrogens (primary N) is 1. The number of aromatic nitrogens is 1. The lowest BCUT2D eigenvalue weighted by molar-refractivity contribution is -0.384. The van der Waals surface area contributed by atoms with Crippen molar-refractivity contribution in [2.75, 3.05) is 11.1 Å². The first-order valence-corrected chi connectivity index (χ1v) is 5.00. The van der Waals surface area contributed by atoms with Gasteiger partial charge in [0.25, 0.3) is 0 Å². The van der Waals surface area contributed by atoms with E-state index in [1.165, 1.54) is 30.3 Å². The van der Waals surface area contributed by atoms with Gasteiger partial charge in [0.2, 0.25) is 5.82 Å². The summed E-state index contributed by atoms with van der Waals surface area (Å²) in [5.74, 6) is -0.278. The van der Waals surface area contributed by atoms with Gasteiger partial charge in [-0.15, -0.1) is 0 Å². The summed E-state index contributed by atoms with van der Waals surface area (Å²) in [6.07, 6.45) is 0. The molecule has 0 saturated carbocycles. The zero-order valence-corrected chi connectivity index (χ0v) is 9.13. The van der Waals surface area contributed by atoms with Crippen LogP contribution in [0.25, 0.3) is 0 Å². The molecule has 0 aliphatic rings. The highest BCUT2D eigenvalue weighted by molar-refractivity contribution is 5.62. The molecule has 2 rings (SSSR count). The molecule has 2 aromatic rings. The molecule has 0 atom stereocenters. The average Bonchev–Trinajstić information content (AvgIpc) is 2.28. The zero-order valence-electron chi connectivity index (χ0n) is 9.13. The Kier molecular flexibility index (Phi) is 3.05. The molecule has 1 aromatic heterocycles. The normalized spacial score (nSPS) is 10.1. The number of benzene rings is 1. The molecule has 1 aromatic carbocycles. The van der Waals surface area contributed by atoms with E-state index in [0.29, 0.717) is 11.5 Å². The minimum atomic E-state index is -0.617. The van der Waals surface area contributed by atoms with Gasteiger partial charge in [-0.3, -0.25) is 10.1 Å². The predicted octanol–water partition coefficient (Wildman–Crippen LogP) is 2.45. The van der Waals surface area contributed by atoms with E-state index in [4.69, 9.17) is 5.73 Å². The molecule has 3 N–H and O–H groups in total. The smallest absolute Gasteiger partial charge is 0.311 e. The summed E-state index contributed by atoms with van der Waals surface area (Å²) in [5.41, 5.74) is 5.66. The van der Waals surface area contributed by atoms with Gasteiger partial charge in [-0.25, -0.2) is 9.37 Å². The fraction of sp³-hybridized carbons (Fsp3) is 0. The summed E-state index contributed by atoms with van der Waals surface area (Å²) < 4.78 is 12.9. The standard InChI is InChI=1S/C11H9FN4O2/c12-7-2-1-3-8(6-7)14-10-5-4-9(16(17)18)11(13)15-10/h1-6H,(H3,13,14,15). The van der Waals surface area contributed by atoms with Crippen molar-refractivity contribution in [1.29, 1.82) is 0 Å². The molecule has 18 heavy (non-hydrogen) atoms. The van der Waals surface area contributed by atoms with Gasteiger partial charge in [-0.05, 0) is 24.3 Å². The number of hydrogen-bond donors (Lipinski definition) is 2. The Morgan fingerprint density at radius 1 is 1.33 bits per heavy atom. The van der Waals surface area contributed by atoms with Gasteiger partial charge < -0.3 is 11.1 Å². The van der Waals surface area contributed by atoms with Gasteiger partial charge in [-0.2, -0.15) is 0 Å². The lowest BCUT2D eigenvalue weighted by Crippen LogP contribution is -2.01. The molecule has 0 radical (unpaired) electrons. The quantitative estimate of drug-likeness (QED) is 0.642. The number of nitrogens with one attached hydrogen (secondary N) is 1. The van der Waals surface area contributed by atoms with E-state index in [9.17, 15) is 14.5 Å². The van der Waals surface area contributed by atoms with Crippen LogP contribution in [0.5, 0.6) is 0 Å². The van der Waals surface area contributed by atoms with Gasteiger partial charge in [0, 0.05) is 11.8 Å². The highest BCUT2D eigenvalue weighted by atomic mass is 19.1. The molecule has 0 fully saturated rings. The van der Waals surface area contributed by atoms with Gasteiger partial charge in [0.05, 0.1) is 4.92 Å². The number of nitrogens with zero attached hydrogens (tertiary/aromatic N) is 2. The van der Waals surface area contributed by atoms with Crippen molar-refractivity contribution in [1.82, 2.24) is 4.98 Å². The van der Waals surface area contributed by atoms with E-state index < -0.39 is 10.7 Å². The number of halogens is 1. The van der Waals surface area contributed by atoms with Crippen LogP contribution in [0.3, 0.4) is 0 Å². The number of anilines is 3. The number of pyridine rings is 1. The van der Waals surface area contributed by atoms with E-state index >= 15 is 0 Å². The maximum absolute atomic E-state index is 12.9. The van der Waals surface area contributed by atoms with E-state index in [1.807, 2.05) is 0 Å². The Bertz CT molecular complexity index is 603. The van der Waals surface area contributed by atoms with Gasteiger partial charge >= 0.3 is 5.69 Å². The second-order valence-electron chi connectivity index (χ2n) is 3.49. The van der Waals surface area contributed by atoms with Crippen molar-refractivity contribution in [2.45, 2.75) is 0 Å². The molecule has 1 heterocycles. The van der Waals surface area contributed by atoms with Crippen molar-refractivity contribution in [2.24, 2.45) is 0 Å². The first-order chi connectivity index (χ1) is 8.56.